The number of nitrogens with one attached hydrogen (secondary N) is 3. The molecule has 2 saturated heterocycles. The first-order valence-corrected chi connectivity index (χ1v) is 13.6. The molecule has 222 valence electrons. The van der Waals surface area contributed by atoms with Crippen molar-refractivity contribution in [1.82, 2.24) is 20.9 Å². The molecule has 0 radical (unpaired) electrons. The van der Waals surface area contributed by atoms with Crippen LogP contribution >= 0.6 is 0 Å². The molecule has 2 aliphatic rings. The zero-order valence-electron chi connectivity index (χ0n) is 23.9. The first-order chi connectivity index (χ1) is 18.9. The SMILES string of the molecule is COc1ccc([C@@H](O)[C@H](NC(=O)[C@H](C)NC(=O)CN2CCOCC2)C(=O)N[C@@H](CC(C)C)C(=O)[C@@]2(C)CO2)cc1. The monoisotopic (exact) mass is 562 g/mol. The summed E-state index contributed by atoms with van der Waals surface area (Å²) in [6.07, 6.45) is -1.09. The number of benzene rings is 1. The van der Waals surface area contributed by atoms with E-state index >= 15 is 0 Å². The van der Waals surface area contributed by atoms with Crippen molar-refractivity contribution in [3.8, 4) is 5.75 Å². The summed E-state index contributed by atoms with van der Waals surface area (Å²) in [7, 11) is 1.51. The van der Waals surface area contributed by atoms with E-state index in [1.165, 1.54) is 14.0 Å². The van der Waals surface area contributed by atoms with Crippen LogP contribution in [0, 0.1) is 5.92 Å². The highest BCUT2D eigenvalue weighted by Crippen LogP contribution is 2.30. The number of ketones is 1. The summed E-state index contributed by atoms with van der Waals surface area (Å²) >= 11 is 0. The molecule has 2 heterocycles. The lowest BCUT2D eigenvalue weighted by molar-refractivity contribution is -0.136. The molecular weight excluding hydrogens is 520 g/mol. The van der Waals surface area contributed by atoms with Gasteiger partial charge in [0.1, 0.15) is 29.5 Å². The standard InChI is InChI=1S/C28H42N4O8/c1-17(2)14-21(25(35)28(4)16-40-28)30-27(37)23(24(34)19-6-8-20(38-5)9-7-19)31-26(36)18(3)29-22(33)15-32-10-12-39-13-11-32/h6-9,17-18,21,23-24,34H,10-16H2,1-5H3,(H,29,33)(H,30,37)(H,31,36)/t18-,21-,23-,24+,28+/m0/s1. The average Bonchev–Trinajstić information content (AvgIpc) is 3.68. The number of aliphatic hydroxyl groups excluding tert-OH is 1. The second-order valence-electron chi connectivity index (χ2n) is 11.0. The van der Waals surface area contributed by atoms with E-state index in [0.29, 0.717) is 44.0 Å². The molecule has 0 unspecified atom stereocenters. The second-order valence-corrected chi connectivity index (χ2v) is 11.0. The molecule has 12 heteroatoms. The van der Waals surface area contributed by atoms with E-state index in [2.05, 4.69) is 16.0 Å². The Labute approximate surface area is 235 Å². The maximum Gasteiger partial charge on any atom is 0.246 e. The third-order valence-corrected chi connectivity index (χ3v) is 7.03. The van der Waals surface area contributed by atoms with E-state index in [4.69, 9.17) is 14.2 Å². The fourth-order valence-electron chi connectivity index (χ4n) is 4.46. The zero-order valence-corrected chi connectivity index (χ0v) is 23.9. The molecule has 0 spiro atoms. The van der Waals surface area contributed by atoms with Crippen molar-refractivity contribution in [2.45, 2.75) is 63.9 Å². The van der Waals surface area contributed by atoms with Crippen LogP contribution < -0.4 is 20.7 Å². The Hall–Kier alpha value is -3.06. The predicted octanol–water partition coefficient (Wildman–Crippen LogP) is -0.0608. The van der Waals surface area contributed by atoms with E-state index in [1.54, 1.807) is 31.2 Å². The van der Waals surface area contributed by atoms with Crippen LogP contribution in [0.5, 0.6) is 5.75 Å². The largest absolute Gasteiger partial charge is 0.497 e. The highest BCUT2D eigenvalue weighted by Gasteiger charge is 2.50. The van der Waals surface area contributed by atoms with Gasteiger partial charge in [-0.2, -0.15) is 0 Å². The van der Waals surface area contributed by atoms with Crippen molar-refractivity contribution in [2.24, 2.45) is 5.92 Å². The normalized spacial score (nSPS) is 22.0. The van der Waals surface area contributed by atoms with Gasteiger partial charge in [-0.1, -0.05) is 26.0 Å². The van der Waals surface area contributed by atoms with Gasteiger partial charge in [0.05, 0.1) is 39.5 Å². The molecule has 1 aromatic carbocycles. The number of carbonyl (C=O) groups excluding carboxylic acids is 4. The van der Waals surface area contributed by atoms with Crippen LogP contribution in [0.2, 0.25) is 0 Å². The molecule has 3 rings (SSSR count). The Bertz CT molecular complexity index is 1040. The molecule has 4 N–H and O–H groups in total. The number of methoxy groups -OCH3 is 1. The number of hydrogen-bond donors (Lipinski definition) is 4. The Morgan fingerprint density at radius 1 is 1.02 bits per heavy atom. The number of aliphatic hydroxyl groups is 1. The van der Waals surface area contributed by atoms with Crippen molar-refractivity contribution in [1.29, 1.82) is 0 Å². The lowest BCUT2D eigenvalue weighted by atomic mass is 9.92. The van der Waals surface area contributed by atoms with Crippen molar-refractivity contribution in [2.75, 3.05) is 46.6 Å². The molecule has 2 fully saturated rings. The van der Waals surface area contributed by atoms with Gasteiger partial charge in [-0.05, 0) is 43.9 Å². The van der Waals surface area contributed by atoms with Crippen molar-refractivity contribution < 1.29 is 38.5 Å². The Morgan fingerprint density at radius 3 is 2.20 bits per heavy atom. The highest BCUT2D eigenvalue weighted by atomic mass is 16.6. The van der Waals surface area contributed by atoms with Gasteiger partial charge in [0.2, 0.25) is 17.7 Å². The minimum atomic E-state index is -1.45. The summed E-state index contributed by atoms with van der Waals surface area (Å²) in [5.74, 6) is -1.36. The molecule has 1 aromatic rings. The van der Waals surface area contributed by atoms with Crippen LogP contribution in [0.25, 0.3) is 0 Å². The Morgan fingerprint density at radius 2 is 1.65 bits per heavy atom. The van der Waals surface area contributed by atoms with E-state index < -0.39 is 41.6 Å². The summed E-state index contributed by atoms with van der Waals surface area (Å²) in [6, 6.07) is 3.11. The number of ether oxygens (including phenoxy) is 3. The molecule has 0 saturated carbocycles. The lowest BCUT2D eigenvalue weighted by Gasteiger charge is -2.29. The van der Waals surface area contributed by atoms with Crippen LogP contribution in [-0.2, 0) is 28.7 Å². The highest BCUT2D eigenvalue weighted by molar-refractivity contribution is 5.98. The number of morpholine rings is 1. The molecule has 0 aliphatic carbocycles. The third kappa shape index (κ3) is 8.72. The number of epoxide rings is 1. The fraction of sp³-hybridized carbons (Fsp3) is 0.643. The molecule has 0 bridgehead atoms. The van der Waals surface area contributed by atoms with Crippen molar-refractivity contribution in [3.05, 3.63) is 29.8 Å². The Balaban J connectivity index is 1.74. The first kappa shape index (κ1) is 31.5. The van der Waals surface area contributed by atoms with E-state index in [9.17, 15) is 24.3 Å². The summed E-state index contributed by atoms with van der Waals surface area (Å²) in [5, 5.41) is 19.2. The van der Waals surface area contributed by atoms with E-state index in [0.717, 1.165) is 0 Å². The summed E-state index contributed by atoms with van der Waals surface area (Å²) < 4.78 is 15.8. The Kier molecular flexibility index (Phi) is 11.0. The molecule has 40 heavy (non-hydrogen) atoms. The van der Waals surface area contributed by atoms with Gasteiger partial charge in [0.15, 0.2) is 5.78 Å². The van der Waals surface area contributed by atoms with Gasteiger partial charge in [0.25, 0.3) is 0 Å². The quantitative estimate of drug-likeness (QED) is 0.228. The minimum absolute atomic E-state index is 0.0813. The zero-order chi connectivity index (χ0) is 29.4. The van der Waals surface area contributed by atoms with Gasteiger partial charge in [-0.3, -0.25) is 24.1 Å². The lowest BCUT2D eigenvalue weighted by Crippen LogP contribution is -2.58. The fourth-order valence-corrected chi connectivity index (χ4v) is 4.46. The van der Waals surface area contributed by atoms with Crippen LogP contribution in [0.15, 0.2) is 24.3 Å². The van der Waals surface area contributed by atoms with Gasteiger partial charge < -0.3 is 35.3 Å². The topological polar surface area (TPSA) is 159 Å². The van der Waals surface area contributed by atoms with Crippen molar-refractivity contribution in [3.63, 3.8) is 0 Å². The predicted molar refractivity (Wildman–Crippen MR) is 145 cm³/mol. The summed E-state index contributed by atoms with van der Waals surface area (Å²) in [6.45, 7) is 9.70. The van der Waals surface area contributed by atoms with Crippen LogP contribution in [0.3, 0.4) is 0 Å². The van der Waals surface area contributed by atoms with Crippen molar-refractivity contribution >= 4 is 23.5 Å². The van der Waals surface area contributed by atoms with Crippen LogP contribution in [0.4, 0.5) is 0 Å². The number of nitrogens with zero attached hydrogens (tertiary/aromatic N) is 1. The minimum Gasteiger partial charge on any atom is -0.497 e. The number of carbonyl (C=O) groups is 4. The maximum atomic E-state index is 13.6. The molecule has 2 aliphatic heterocycles. The molecule has 3 amide bonds. The van der Waals surface area contributed by atoms with Gasteiger partial charge in [-0.25, -0.2) is 0 Å². The summed E-state index contributed by atoms with van der Waals surface area (Å²) in [5.41, 5.74) is -0.603. The number of Topliss-reactive ketones (excluding diaryl/α,β-unsaturated/α-hetero) is 1. The third-order valence-electron chi connectivity index (χ3n) is 7.03. The van der Waals surface area contributed by atoms with Crippen LogP contribution in [0.1, 0.15) is 45.8 Å². The number of hydrogen-bond acceptors (Lipinski definition) is 9. The van der Waals surface area contributed by atoms with E-state index in [-0.39, 0.29) is 30.8 Å². The number of amides is 3. The maximum absolute atomic E-state index is 13.6. The van der Waals surface area contributed by atoms with Gasteiger partial charge in [0, 0.05) is 13.1 Å². The molecule has 12 nitrogen and oxygen atoms in total. The summed E-state index contributed by atoms with van der Waals surface area (Å²) in [4.78, 5) is 54.2. The first-order valence-electron chi connectivity index (χ1n) is 13.6. The second kappa shape index (κ2) is 14.0. The molecule has 5 atom stereocenters. The molecular formula is C28H42N4O8. The smallest absolute Gasteiger partial charge is 0.246 e. The molecule has 0 aromatic heterocycles. The average molecular weight is 563 g/mol. The number of rotatable bonds is 14. The van der Waals surface area contributed by atoms with Gasteiger partial charge in [-0.15, -0.1) is 0 Å². The van der Waals surface area contributed by atoms with E-state index in [1.807, 2.05) is 18.7 Å². The van der Waals surface area contributed by atoms with Crippen LogP contribution in [-0.4, -0.2) is 104 Å². The van der Waals surface area contributed by atoms with Gasteiger partial charge >= 0.3 is 0 Å².